The lowest BCUT2D eigenvalue weighted by atomic mass is 9.96. The molecule has 1 aliphatic heterocycles. The molecule has 0 saturated carbocycles. The van der Waals surface area contributed by atoms with Crippen molar-refractivity contribution in [3.63, 3.8) is 0 Å². The van der Waals surface area contributed by atoms with Crippen molar-refractivity contribution in [3.05, 3.63) is 93.4 Å². The van der Waals surface area contributed by atoms with Gasteiger partial charge < -0.3 is 4.90 Å². The van der Waals surface area contributed by atoms with Gasteiger partial charge in [0.05, 0.1) is 6.04 Å². The first-order valence-corrected chi connectivity index (χ1v) is 10.9. The Bertz CT molecular complexity index is 969. The Hall–Kier alpha value is -2.92. The molecule has 4 rings (SSSR count). The Morgan fingerprint density at radius 3 is 2.00 bits per heavy atom. The molecule has 1 N–H and O–H groups in total. The van der Waals surface area contributed by atoms with Gasteiger partial charge in [0, 0.05) is 37.4 Å². The van der Waals surface area contributed by atoms with E-state index in [1.165, 1.54) is 11.1 Å². The maximum atomic E-state index is 12.5. The number of hydrogen-bond acceptors (Lipinski definition) is 4. The van der Waals surface area contributed by atoms with Gasteiger partial charge in [-0.15, -0.1) is 0 Å². The zero-order valence-electron chi connectivity index (χ0n) is 17.8. The highest BCUT2D eigenvalue weighted by Gasteiger charge is 2.27. The van der Waals surface area contributed by atoms with E-state index in [4.69, 9.17) is 4.98 Å². The summed E-state index contributed by atoms with van der Waals surface area (Å²) in [5, 5.41) is 0. The average Bonchev–Trinajstić information content (AvgIpc) is 2.78. The lowest BCUT2D eigenvalue weighted by Crippen LogP contribution is -2.48. The van der Waals surface area contributed by atoms with Gasteiger partial charge in [0.25, 0.3) is 5.56 Å². The van der Waals surface area contributed by atoms with Gasteiger partial charge in [-0.05, 0) is 24.5 Å². The second-order valence-corrected chi connectivity index (χ2v) is 7.95. The maximum absolute atomic E-state index is 12.5. The minimum Gasteiger partial charge on any atom is -0.340 e. The van der Waals surface area contributed by atoms with E-state index in [2.05, 4.69) is 82.4 Å². The third-order valence-corrected chi connectivity index (χ3v) is 5.92. The predicted octanol–water partition coefficient (Wildman–Crippen LogP) is 3.94. The number of nitrogens with zero attached hydrogens (tertiary/aromatic N) is 3. The zero-order chi connectivity index (χ0) is 20.9. The minimum absolute atomic E-state index is 0.00762. The van der Waals surface area contributed by atoms with Crippen LogP contribution in [0.25, 0.3) is 0 Å². The number of piperazine rings is 1. The average molecular weight is 403 g/mol. The SMILES string of the molecule is CCCc1c(C)nc(N2CCN(C(c3ccccc3)c3ccccc3)CC2)[nH]c1=O. The van der Waals surface area contributed by atoms with Crippen molar-refractivity contribution in [1.82, 2.24) is 14.9 Å². The van der Waals surface area contributed by atoms with Crippen molar-refractivity contribution in [2.45, 2.75) is 32.7 Å². The fourth-order valence-electron chi connectivity index (χ4n) is 4.37. The smallest absolute Gasteiger partial charge is 0.255 e. The second-order valence-electron chi connectivity index (χ2n) is 7.95. The summed E-state index contributed by atoms with van der Waals surface area (Å²) in [6.45, 7) is 7.53. The molecule has 2 heterocycles. The van der Waals surface area contributed by atoms with Crippen molar-refractivity contribution in [1.29, 1.82) is 0 Å². The third kappa shape index (κ3) is 4.31. The van der Waals surface area contributed by atoms with Crippen LogP contribution in [0.4, 0.5) is 5.95 Å². The summed E-state index contributed by atoms with van der Waals surface area (Å²) in [6.07, 6.45) is 1.72. The molecule has 1 fully saturated rings. The fourth-order valence-corrected chi connectivity index (χ4v) is 4.37. The van der Waals surface area contributed by atoms with Crippen molar-refractivity contribution in [3.8, 4) is 0 Å². The van der Waals surface area contributed by atoms with Gasteiger partial charge >= 0.3 is 0 Å². The Labute approximate surface area is 178 Å². The highest BCUT2D eigenvalue weighted by molar-refractivity contribution is 5.36. The molecule has 0 atom stereocenters. The molecular formula is C25H30N4O. The molecule has 1 aliphatic rings. The molecule has 1 saturated heterocycles. The monoisotopic (exact) mass is 402 g/mol. The molecule has 5 nitrogen and oxygen atoms in total. The molecule has 5 heteroatoms. The van der Waals surface area contributed by atoms with Crippen LogP contribution in [0.1, 0.15) is 41.8 Å². The highest BCUT2D eigenvalue weighted by atomic mass is 16.1. The molecule has 2 aromatic carbocycles. The van der Waals surface area contributed by atoms with Crippen molar-refractivity contribution >= 4 is 5.95 Å². The first-order valence-electron chi connectivity index (χ1n) is 10.9. The second kappa shape index (κ2) is 9.26. The quantitative estimate of drug-likeness (QED) is 0.679. The summed E-state index contributed by atoms with van der Waals surface area (Å²) in [5.74, 6) is 0.702. The number of aryl methyl sites for hydroxylation is 1. The summed E-state index contributed by atoms with van der Waals surface area (Å²) in [4.78, 5) is 25.0. The number of H-pyrrole nitrogens is 1. The molecule has 156 valence electrons. The van der Waals surface area contributed by atoms with E-state index in [9.17, 15) is 4.79 Å². The van der Waals surface area contributed by atoms with Crippen molar-refractivity contribution < 1.29 is 0 Å². The van der Waals surface area contributed by atoms with E-state index in [1.807, 2.05) is 6.92 Å². The zero-order valence-corrected chi connectivity index (χ0v) is 17.8. The lowest BCUT2D eigenvalue weighted by molar-refractivity contribution is 0.211. The molecule has 0 aliphatic carbocycles. The highest BCUT2D eigenvalue weighted by Crippen LogP contribution is 2.29. The summed E-state index contributed by atoms with van der Waals surface area (Å²) in [5.41, 5.74) is 4.29. The summed E-state index contributed by atoms with van der Waals surface area (Å²) < 4.78 is 0. The van der Waals surface area contributed by atoms with Gasteiger partial charge in [0.1, 0.15) is 0 Å². The number of aromatic nitrogens is 2. The van der Waals surface area contributed by atoms with Crippen LogP contribution in [-0.4, -0.2) is 41.0 Å². The fraction of sp³-hybridized carbons (Fsp3) is 0.360. The minimum atomic E-state index is 0.00762. The lowest BCUT2D eigenvalue weighted by Gasteiger charge is -2.40. The number of aromatic amines is 1. The number of anilines is 1. The van der Waals surface area contributed by atoms with Gasteiger partial charge in [-0.2, -0.15) is 0 Å². The Balaban J connectivity index is 1.54. The molecule has 30 heavy (non-hydrogen) atoms. The van der Waals surface area contributed by atoms with Crippen LogP contribution in [0.2, 0.25) is 0 Å². The number of benzene rings is 2. The van der Waals surface area contributed by atoms with Crippen molar-refractivity contribution in [2.24, 2.45) is 0 Å². The molecule has 0 amide bonds. The molecular weight excluding hydrogens is 372 g/mol. The van der Waals surface area contributed by atoms with Gasteiger partial charge in [0.2, 0.25) is 5.95 Å². The molecule has 1 aromatic heterocycles. The van der Waals surface area contributed by atoms with Crippen LogP contribution in [-0.2, 0) is 6.42 Å². The predicted molar refractivity (Wildman–Crippen MR) is 122 cm³/mol. The summed E-state index contributed by atoms with van der Waals surface area (Å²) in [6, 6.07) is 21.6. The van der Waals surface area contributed by atoms with Crippen molar-refractivity contribution in [2.75, 3.05) is 31.1 Å². The van der Waals surface area contributed by atoms with E-state index < -0.39 is 0 Å². The van der Waals surface area contributed by atoms with Gasteiger partial charge in [-0.3, -0.25) is 14.7 Å². The normalized spacial score (nSPS) is 15.0. The van der Waals surface area contributed by atoms with E-state index in [-0.39, 0.29) is 11.6 Å². The third-order valence-electron chi connectivity index (χ3n) is 5.92. The maximum Gasteiger partial charge on any atom is 0.255 e. The number of hydrogen-bond donors (Lipinski definition) is 1. The standard InChI is InChI=1S/C25H30N4O/c1-3-10-22-19(2)26-25(27-24(22)30)29-17-15-28(16-18-29)23(20-11-6-4-7-12-20)21-13-8-5-9-14-21/h4-9,11-14,23H,3,10,15-18H2,1-2H3,(H,26,27,30). The molecule has 3 aromatic rings. The number of nitrogens with one attached hydrogen (secondary N) is 1. The van der Waals surface area contributed by atoms with E-state index >= 15 is 0 Å². The van der Waals surface area contributed by atoms with E-state index in [1.54, 1.807) is 0 Å². The summed E-state index contributed by atoms with van der Waals surface area (Å²) >= 11 is 0. The van der Waals surface area contributed by atoms with E-state index in [0.29, 0.717) is 5.95 Å². The van der Waals surface area contributed by atoms with Crippen LogP contribution < -0.4 is 10.5 Å². The Kier molecular flexibility index (Phi) is 6.29. The topological polar surface area (TPSA) is 52.2 Å². The van der Waals surface area contributed by atoms with Crippen LogP contribution >= 0.6 is 0 Å². The van der Waals surface area contributed by atoms with Gasteiger partial charge in [0.15, 0.2) is 0 Å². The molecule has 0 unspecified atom stereocenters. The first-order chi connectivity index (χ1) is 14.7. The summed E-state index contributed by atoms with van der Waals surface area (Å²) in [7, 11) is 0. The first kappa shape index (κ1) is 20.4. The van der Waals surface area contributed by atoms with Crippen LogP contribution in [0.15, 0.2) is 65.5 Å². The van der Waals surface area contributed by atoms with Gasteiger partial charge in [-0.25, -0.2) is 4.98 Å². The van der Waals surface area contributed by atoms with Gasteiger partial charge in [-0.1, -0.05) is 74.0 Å². The van der Waals surface area contributed by atoms with Crippen LogP contribution in [0.3, 0.4) is 0 Å². The molecule has 0 spiro atoms. The van der Waals surface area contributed by atoms with Crippen LogP contribution in [0, 0.1) is 6.92 Å². The molecule has 0 bridgehead atoms. The Morgan fingerprint density at radius 2 is 1.50 bits per heavy atom. The van der Waals surface area contributed by atoms with Crippen LogP contribution in [0.5, 0.6) is 0 Å². The Morgan fingerprint density at radius 1 is 0.933 bits per heavy atom. The number of rotatable bonds is 6. The van der Waals surface area contributed by atoms with E-state index in [0.717, 1.165) is 50.3 Å². The molecule has 0 radical (unpaired) electrons. The largest absolute Gasteiger partial charge is 0.340 e.